The number of rotatable bonds is 1. The molecule has 0 saturated carbocycles. The predicted octanol–water partition coefficient (Wildman–Crippen LogP) is 3.37. The fraction of sp³-hybridized carbons (Fsp3) is 0. The molecule has 0 saturated heterocycles. The van der Waals surface area contributed by atoms with Crippen LogP contribution in [0.1, 0.15) is 31.8 Å². The Morgan fingerprint density at radius 3 is 2.07 bits per heavy atom. The van der Waals surface area contributed by atoms with E-state index in [1.165, 1.54) is 6.07 Å². The summed E-state index contributed by atoms with van der Waals surface area (Å²) < 4.78 is 0. The van der Waals surface area contributed by atoms with E-state index >= 15 is 0 Å². The van der Waals surface area contributed by atoms with Crippen molar-refractivity contribution in [3.05, 3.63) is 99.3 Å². The Labute approximate surface area is 153 Å². The van der Waals surface area contributed by atoms with Crippen LogP contribution < -0.4 is 5.56 Å². The van der Waals surface area contributed by atoms with E-state index < -0.39 is 0 Å². The Hall–Kier alpha value is -3.86. The van der Waals surface area contributed by atoms with Crippen LogP contribution in [0.2, 0.25) is 0 Å². The van der Waals surface area contributed by atoms with Gasteiger partial charge in [-0.3, -0.25) is 14.4 Å². The van der Waals surface area contributed by atoms with Gasteiger partial charge in [0, 0.05) is 22.3 Å². The molecule has 0 radical (unpaired) electrons. The third-order valence-electron chi connectivity index (χ3n) is 4.81. The first-order chi connectivity index (χ1) is 13.1. The van der Waals surface area contributed by atoms with Gasteiger partial charge in [0.25, 0.3) is 5.56 Å². The summed E-state index contributed by atoms with van der Waals surface area (Å²) in [4.78, 5) is 45.9. The first-order valence-corrected chi connectivity index (χ1v) is 8.46. The zero-order valence-corrected chi connectivity index (χ0v) is 14.0. The van der Waals surface area contributed by atoms with Crippen LogP contribution in [-0.4, -0.2) is 21.5 Å². The summed E-state index contributed by atoms with van der Waals surface area (Å²) >= 11 is 0. The van der Waals surface area contributed by atoms with Gasteiger partial charge in [-0.2, -0.15) is 0 Å². The zero-order valence-electron chi connectivity index (χ0n) is 14.0. The van der Waals surface area contributed by atoms with Gasteiger partial charge in [0.1, 0.15) is 5.82 Å². The number of nitrogens with one attached hydrogen (secondary N) is 1. The first-order valence-electron chi connectivity index (χ1n) is 8.46. The van der Waals surface area contributed by atoms with Gasteiger partial charge in [-0.1, -0.05) is 54.6 Å². The van der Waals surface area contributed by atoms with E-state index in [0.717, 1.165) is 5.56 Å². The molecule has 3 aromatic carbocycles. The summed E-state index contributed by atoms with van der Waals surface area (Å²) in [7, 11) is 0. The van der Waals surface area contributed by atoms with Crippen LogP contribution in [0.5, 0.6) is 0 Å². The second-order valence-corrected chi connectivity index (χ2v) is 6.37. The van der Waals surface area contributed by atoms with E-state index in [1.807, 2.05) is 30.3 Å². The normalized spacial score (nSPS) is 12.7. The Balaban J connectivity index is 1.86. The van der Waals surface area contributed by atoms with Crippen molar-refractivity contribution in [2.45, 2.75) is 0 Å². The number of benzene rings is 3. The summed E-state index contributed by atoms with van der Waals surface area (Å²) in [5.74, 6) is -0.158. The highest BCUT2D eigenvalue weighted by atomic mass is 16.1. The van der Waals surface area contributed by atoms with Crippen molar-refractivity contribution in [2.75, 3.05) is 0 Å². The van der Waals surface area contributed by atoms with Gasteiger partial charge in [-0.15, -0.1) is 0 Å². The topological polar surface area (TPSA) is 79.9 Å². The molecule has 1 N–H and O–H groups in total. The number of carbonyl (C=O) groups excluding carboxylic acids is 2. The highest BCUT2D eigenvalue weighted by Gasteiger charge is 2.32. The van der Waals surface area contributed by atoms with Gasteiger partial charge in [-0.25, -0.2) is 4.98 Å². The minimum absolute atomic E-state index is 0.194. The largest absolute Gasteiger partial charge is 0.306 e. The molecular weight excluding hydrogens is 340 g/mol. The molecule has 5 rings (SSSR count). The second-order valence-electron chi connectivity index (χ2n) is 6.37. The summed E-state index contributed by atoms with van der Waals surface area (Å²) in [5, 5.41) is 0.286. The molecular formula is C22H12N2O3. The quantitative estimate of drug-likeness (QED) is 0.502. The highest BCUT2D eigenvalue weighted by molar-refractivity contribution is 6.31. The molecule has 1 heterocycles. The van der Waals surface area contributed by atoms with Crippen LogP contribution >= 0.6 is 0 Å². The van der Waals surface area contributed by atoms with Crippen LogP contribution in [0, 0.1) is 0 Å². The van der Waals surface area contributed by atoms with Crippen molar-refractivity contribution >= 4 is 22.5 Å². The molecule has 5 heteroatoms. The third kappa shape index (κ3) is 2.18. The molecule has 0 fully saturated rings. The number of H-pyrrole nitrogens is 1. The fourth-order valence-corrected chi connectivity index (χ4v) is 3.52. The van der Waals surface area contributed by atoms with Crippen molar-refractivity contribution < 1.29 is 9.59 Å². The van der Waals surface area contributed by atoms with Crippen molar-refractivity contribution in [2.24, 2.45) is 0 Å². The Morgan fingerprint density at radius 1 is 0.667 bits per heavy atom. The second kappa shape index (κ2) is 5.57. The Bertz CT molecular complexity index is 1320. The standard InChI is InChI=1S/C22H12N2O3/c25-19-13-8-4-5-9-14(13)20(26)17-15(19)10-11-16-18(17)23-21(24-22(16)27)12-6-2-1-3-7-12/h1-11H,(H,23,24,27). The molecule has 128 valence electrons. The van der Waals surface area contributed by atoms with Crippen molar-refractivity contribution in [1.82, 2.24) is 9.97 Å². The van der Waals surface area contributed by atoms with Gasteiger partial charge in [0.15, 0.2) is 11.6 Å². The lowest BCUT2D eigenvalue weighted by Crippen LogP contribution is -2.23. The number of carbonyl (C=O) groups is 2. The predicted molar refractivity (Wildman–Crippen MR) is 101 cm³/mol. The minimum Gasteiger partial charge on any atom is -0.306 e. The van der Waals surface area contributed by atoms with Gasteiger partial charge >= 0.3 is 0 Å². The number of aromatic nitrogens is 2. The van der Waals surface area contributed by atoms with Crippen molar-refractivity contribution in [3.63, 3.8) is 0 Å². The smallest absolute Gasteiger partial charge is 0.259 e. The summed E-state index contributed by atoms with van der Waals surface area (Å²) in [6, 6.07) is 19.0. The average Bonchev–Trinajstić information content (AvgIpc) is 2.72. The zero-order chi connectivity index (χ0) is 18.5. The Kier molecular flexibility index (Phi) is 3.18. The van der Waals surface area contributed by atoms with Gasteiger partial charge in [-0.05, 0) is 12.1 Å². The number of ketones is 2. The van der Waals surface area contributed by atoms with Crippen molar-refractivity contribution in [3.8, 4) is 11.4 Å². The monoisotopic (exact) mass is 352 g/mol. The lowest BCUT2D eigenvalue weighted by atomic mass is 9.83. The molecule has 0 spiro atoms. The fourth-order valence-electron chi connectivity index (χ4n) is 3.52. The van der Waals surface area contributed by atoms with Gasteiger partial charge in [0.05, 0.1) is 16.5 Å². The molecule has 1 aliphatic carbocycles. The third-order valence-corrected chi connectivity index (χ3v) is 4.81. The van der Waals surface area contributed by atoms with E-state index in [0.29, 0.717) is 17.0 Å². The maximum atomic E-state index is 13.1. The lowest BCUT2D eigenvalue weighted by molar-refractivity contribution is 0.0980. The highest BCUT2D eigenvalue weighted by Crippen LogP contribution is 2.31. The molecule has 4 aromatic rings. The van der Waals surface area contributed by atoms with E-state index in [2.05, 4.69) is 9.97 Å². The van der Waals surface area contributed by atoms with Gasteiger partial charge < -0.3 is 4.98 Å². The molecule has 1 aliphatic rings. The van der Waals surface area contributed by atoms with Crippen molar-refractivity contribution in [1.29, 1.82) is 0 Å². The van der Waals surface area contributed by atoms with E-state index in [-0.39, 0.29) is 39.2 Å². The van der Waals surface area contributed by atoms with Crippen LogP contribution in [0.3, 0.4) is 0 Å². The Morgan fingerprint density at radius 2 is 1.33 bits per heavy atom. The van der Waals surface area contributed by atoms with Crippen LogP contribution in [0.25, 0.3) is 22.3 Å². The molecule has 0 aliphatic heterocycles. The molecule has 0 unspecified atom stereocenters. The summed E-state index contributed by atoms with van der Waals surface area (Å²) in [5.41, 5.74) is 1.82. The lowest BCUT2D eigenvalue weighted by Gasteiger charge is -2.18. The van der Waals surface area contributed by atoms with Crippen LogP contribution in [0.15, 0.2) is 71.5 Å². The number of nitrogens with zero attached hydrogens (tertiary/aromatic N) is 1. The summed E-state index contributed by atoms with van der Waals surface area (Å²) in [6.45, 7) is 0. The molecule has 0 bridgehead atoms. The van der Waals surface area contributed by atoms with Crippen LogP contribution in [0.4, 0.5) is 0 Å². The van der Waals surface area contributed by atoms with Crippen LogP contribution in [-0.2, 0) is 0 Å². The van der Waals surface area contributed by atoms with E-state index in [9.17, 15) is 14.4 Å². The molecule has 0 amide bonds. The van der Waals surface area contributed by atoms with E-state index in [1.54, 1.807) is 30.3 Å². The number of aromatic amines is 1. The maximum Gasteiger partial charge on any atom is 0.259 e. The SMILES string of the molecule is O=C1c2ccccc2C(=O)c2c1ccc1c(=O)[nH]c(-c3ccccc3)nc21. The molecule has 5 nitrogen and oxygen atoms in total. The molecule has 1 aromatic heterocycles. The minimum atomic E-state index is -0.347. The molecule has 27 heavy (non-hydrogen) atoms. The average molecular weight is 352 g/mol. The molecule has 0 atom stereocenters. The first kappa shape index (κ1) is 15.4. The van der Waals surface area contributed by atoms with Gasteiger partial charge in [0.2, 0.25) is 0 Å². The number of fused-ring (bicyclic) bond motifs is 4. The number of hydrogen-bond acceptors (Lipinski definition) is 4. The maximum absolute atomic E-state index is 13.1. The summed E-state index contributed by atoms with van der Waals surface area (Å²) in [6.07, 6.45) is 0. The number of hydrogen-bond donors (Lipinski definition) is 1. The van der Waals surface area contributed by atoms with E-state index in [4.69, 9.17) is 0 Å².